The number of aliphatic hydroxyl groups excluding tert-OH is 1. The van der Waals surface area contributed by atoms with Gasteiger partial charge in [0.2, 0.25) is 0 Å². The Kier molecular flexibility index (Phi) is 5.03. The van der Waals surface area contributed by atoms with Gasteiger partial charge in [-0.25, -0.2) is 0 Å². The van der Waals surface area contributed by atoms with Crippen molar-refractivity contribution >= 4 is 0 Å². The van der Waals surface area contributed by atoms with Gasteiger partial charge in [0.15, 0.2) is 0 Å². The molecule has 0 spiro atoms. The predicted molar refractivity (Wildman–Crippen MR) is 64.0 cm³/mol. The first-order valence-corrected chi connectivity index (χ1v) is 6.19. The van der Waals surface area contributed by atoms with Crippen LogP contribution in [0.25, 0.3) is 0 Å². The number of rotatable bonds is 4. The molecule has 3 nitrogen and oxygen atoms in total. The van der Waals surface area contributed by atoms with Crippen LogP contribution in [0.15, 0.2) is 0 Å². The quantitative estimate of drug-likeness (QED) is 0.757. The minimum atomic E-state index is -0.209. The highest BCUT2D eigenvalue weighted by Crippen LogP contribution is 2.17. The number of aliphatic hydroxyl groups is 1. The van der Waals surface area contributed by atoms with Gasteiger partial charge in [-0.1, -0.05) is 20.8 Å². The first-order valence-electron chi connectivity index (χ1n) is 6.19. The molecule has 15 heavy (non-hydrogen) atoms. The molecule has 0 aromatic heterocycles. The average molecular weight is 214 g/mol. The summed E-state index contributed by atoms with van der Waals surface area (Å²) in [6, 6.07) is 0.605. The summed E-state index contributed by atoms with van der Waals surface area (Å²) in [6.07, 6.45) is -0.209. The molecule has 1 saturated heterocycles. The van der Waals surface area contributed by atoms with Crippen LogP contribution in [0.2, 0.25) is 0 Å². The van der Waals surface area contributed by atoms with Crippen molar-refractivity contribution in [3.63, 3.8) is 0 Å². The molecule has 1 heterocycles. The van der Waals surface area contributed by atoms with Crippen LogP contribution in [0.3, 0.4) is 0 Å². The highest BCUT2D eigenvalue weighted by molar-refractivity contribution is 4.84. The Hall–Kier alpha value is -0.120. The van der Waals surface area contributed by atoms with Crippen LogP contribution >= 0.6 is 0 Å². The minimum absolute atomic E-state index is 0.209. The zero-order valence-corrected chi connectivity index (χ0v) is 10.6. The summed E-state index contributed by atoms with van der Waals surface area (Å²) in [5.41, 5.74) is 0. The average Bonchev–Trinajstić information content (AvgIpc) is 2.17. The molecular formula is C12H26N2O. The molecule has 3 heteroatoms. The lowest BCUT2D eigenvalue weighted by Gasteiger charge is -2.43. The molecule has 90 valence electrons. The lowest BCUT2D eigenvalue weighted by Crippen LogP contribution is -2.56. The molecule has 0 aromatic carbocycles. The Morgan fingerprint density at radius 2 is 1.93 bits per heavy atom. The smallest absolute Gasteiger partial charge is 0.0639 e. The monoisotopic (exact) mass is 214 g/mol. The van der Waals surface area contributed by atoms with Crippen molar-refractivity contribution < 1.29 is 5.11 Å². The van der Waals surface area contributed by atoms with E-state index >= 15 is 0 Å². The van der Waals surface area contributed by atoms with Gasteiger partial charge in [-0.2, -0.15) is 0 Å². The number of likely N-dealkylation sites (N-methyl/N-ethyl adjacent to an activating group) is 1. The lowest BCUT2D eigenvalue weighted by atomic mass is 9.99. The molecule has 0 aliphatic carbocycles. The summed E-state index contributed by atoms with van der Waals surface area (Å²) in [4.78, 5) is 4.95. The molecule has 0 radical (unpaired) electrons. The Balaban J connectivity index is 2.55. The van der Waals surface area contributed by atoms with Gasteiger partial charge in [0, 0.05) is 32.2 Å². The number of piperazine rings is 1. The molecule has 0 amide bonds. The van der Waals surface area contributed by atoms with E-state index in [1.807, 2.05) is 6.92 Å². The first kappa shape index (κ1) is 12.9. The molecule has 1 aliphatic rings. The second kappa shape index (κ2) is 5.83. The fourth-order valence-corrected chi connectivity index (χ4v) is 2.39. The maximum absolute atomic E-state index is 9.47. The van der Waals surface area contributed by atoms with E-state index in [-0.39, 0.29) is 6.10 Å². The van der Waals surface area contributed by atoms with Crippen molar-refractivity contribution in [2.75, 3.05) is 32.7 Å². The first-order chi connectivity index (χ1) is 7.04. The topological polar surface area (TPSA) is 26.7 Å². The van der Waals surface area contributed by atoms with Crippen LogP contribution in [0.5, 0.6) is 0 Å². The molecule has 1 fully saturated rings. The van der Waals surface area contributed by atoms with E-state index in [1.165, 1.54) is 0 Å². The van der Waals surface area contributed by atoms with Gasteiger partial charge in [0.05, 0.1) is 6.10 Å². The van der Waals surface area contributed by atoms with E-state index in [0.717, 1.165) is 32.7 Å². The van der Waals surface area contributed by atoms with Crippen LogP contribution in [-0.4, -0.2) is 59.8 Å². The van der Waals surface area contributed by atoms with Crippen molar-refractivity contribution in [1.29, 1.82) is 0 Å². The van der Waals surface area contributed by atoms with Crippen LogP contribution < -0.4 is 0 Å². The zero-order valence-electron chi connectivity index (χ0n) is 10.6. The van der Waals surface area contributed by atoms with E-state index in [4.69, 9.17) is 0 Å². The van der Waals surface area contributed by atoms with Crippen molar-refractivity contribution in [3.8, 4) is 0 Å². The summed E-state index contributed by atoms with van der Waals surface area (Å²) in [6.45, 7) is 14.0. The second-order valence-electron chi connectivity index (χ2n) is 5.05. The summed E-state index contributed by atoms with van der Waals surface area (Å²) in [5.74, 6) is 0.665. The summed E-state index contributed by atoms with van der Waals surface area (Å²) >= 11 is 0. The van der Waals surface area contributed by atoms with E-state index in [1.54, 1.807) is 0 Å². The second-order valence-corrected chi connectivity index (χ2v) is 5.05. The van der Waals surface area contributed by atoms with E-state index in [2.05, 4.69) is 30.6 Å². The number of nitrogens with zero attached hydrogens (tertiary/aromatic N) is 2. The molecule has 0 bridgehead atoms. The maximum Gasteiger partial charge on any atom is 0.0639 e. The normalized spacial score (nSPS) is 27.2. The van der Waals surface area contributed by atoms with Crippen LogP contribution in [0.4, 0.5) is 0 Å². The molecule has 1 aliphatic heterocycles. The van der Waals surface area contributed by atoms with Crippen molar-refractivity contribution in [2.45, 2.75) is 39.8 Å². The van der Waals surface area contributed by atoms with Crippen molar-refractivity contribution in [1.82, 2.24) is 9.80 Å². The highest BCUT2D eigenvalue weighted by atomic mass is 16.3. The molecule has 0 aromatic rings. The molecule has 1 N–H and O–H groups in total. The van der Waals surface area contributed by atoms with Crippen molar-refractivity contribution in [2.24, 2.45) is 5.92 Å². The molecule has 2 atom stereocenters. The van der Waals surface area contributed by atoms with E-state index in [0.29, 0.717) is 12.0 Å². The predicted octanol–water partition coefficient (Wildman–Crippen LogP) is 1.03. The third-order valence-electron chi connectivity index (χ3n) is 3.33. The summed E-state index contributed by atoms with van der Waals surface area (Å²) < 4.78 is 0. The van der Waals surface area contributed by atoms with Gasteiger partial charge in [0.25, 0.3) is 0 Å². The number of hydrogen-bond donors (Lipinski definition) is 1. The molecule has 2 unspecified atom stereocenters. The van der Waals surface area contributed by atoms with Gasteiger partial charge in [-0.15, -0.1) is 0 Å². The van der Waals surface area contributed by atoms with Crippen LogP contribution in [0.1, 0.15) is 27.7 Å². The van der Waals surface area contributed by atoms with Gasteiger partial charge in [-0.3, -0.25) is 4.90 Å². The van der Waals surface area contributed by atoms with Crippen LogP contribution in [0, 0.1) is 5.92 Å². The largest absolute Gasteiger partial charge is 0.392 e. The maximum atomic E-state index is 9.47. The fourth-order valence-electron chi connectivity index (χ4n) is 2.39. The van der Waals surface area contributed by atoms with Gasteiger partial charge in [-0.05, 0) is 19.4 Å². The van der Waals surface area contributed by atoms with Crippen LogP contribution in [-0.2, 0) is 0 Å². The van der Waals surface area contributed by atoms with Gasteiger partial charge >= 0.3 is 0 Å². The summed E-state index contributed by atoms with van der Waals surface area (Å²) in [7, 11) is 0. The molecule has 0 saturated carbocycles. The third-order valence-corrected chi connectivity index (χ3v) is 3.33. The SMILES string of the molecule is CCN1CCN(CC(C)O)C(C(C)C)C1. The van der Waals surface area contributed by atoms with Gasteiger partial charge < -0.3 is 10.0 Å². The van der Waals surface area contributed by atoms with Crippen molar-refractivity contribution in [3.05, 3.63) is 0 Å². The number of β-amino-alcohol motifs (C(OH)–C–C–N with tert-alkyl or cyclic N) is 1. The molecule has 1 rings (SSSR count). The Labute approximate surface area is 94.1 Å². The summed E-state index contributed by atoms with van der Waals surface area (Å²) in [5, 5.41) is 9.47. The zero-order chi connectivity index (χ0) is 11.4. The number of hydrogen-bond acceptors (Lipinski definition) is 3. The minimum Gasteiger partial charge on any atom is -0.392 e. The third kappa shape index (κ3) is 3.74. The van der Waals surface area contributed by atoms with E-state index < -0.39 is 0 Å². The fraction of sp³-hybridized carbons (Fsp3) is 1.00. The Bertz CT molecular complexity index is 182. The molecular weight excluding hydrogens is 188 g/mol. The Morgan fingerprint density at radius 3 is 2.40 bits per heavy atom. The highest BCUT2D eigenvalue weighted by Gasteiger charge is 2.28. The van der Waals surface area contributed by atoms with Gasteiger partial charge in [0.1, 0.15) is 0 Å². The lowest BCUT2D eigenvalue weighted by molar-refractivity contribution is 0.0216. The standard InChI is InChI=1S/C12H26N2O/c1-5-13-6-7-14(8-11(4)15)12(9-13)10(2)3/h10-12,15H,5-9H2,1-4H3. The Morgan fingerprint density at radius 1 is 1.27 bits per heavy atom. The van der Waals surface area contributed by atoms with E-state index in [9.17, 15) is 5.11 Å².